The summed E-state index contributed by atoms with van der Waals surface area (Å²) < 4.78 is 13.1. The van der Waals surface area contributed by atoms with E-state index >= 15 is 0 Å². The molecule has 164 valence electrons. The summed E-state index contributed by atoms with van der Waals surface area (Å²) in [5.41, 5.74) is 2.78. The maximum Gasteiger partial charge on any atom is 0.172 e. The highest BCUT2D eigenvalue weighted by Crippen LogP contribution is 2.44. The fraction of sp³-hybridized carbons (Fsp3) is 0.321. The number of nitrogens with zero attached hydrogens (tertiary/aromatic N) is 1. The standard InChI is InChI=1S/C28H29NO3/c1-29-17-9-14-22(19-29)27(21-12-6-3-7-13-21)31-25-16-8-15-23-24(30)18-26(32-28(23)25)20-10-4-2-5-11-20/h2-8,10-13,15-16,22,26-27H,9,14,17-19H2,1H3/t22?,26-,27?/m1/s1. The van der Waals surface area contributed by atoms with Gasteiger partial charge in [0.25, 0.3) is 0 Å². The second kappa shape index (κ2) is 9.17. The number of carbonyl (C=O) groups is 1. The van der Waals surface area contributed by atoms with Crippen molar-refractivity contribution < 1.29 is 14.3 Å². The molecule has 5 rings (SSSR count). The minimum absolute atomic E-state index is 0.0961. The molecule has 0 saturated carbocycles. The quantitative estimate of drug-likeness (QED) is 0.512. The highest BCUT2D eigenvalue weighted by Gasteiger charge is 2.33. The van der Waals surface area contributed by atoms with Crippen LogP contribution in [0.5, 0.6) is 11.5 Å². The topological polar surface area (TPSA) is 38.8 Å². The Hall–Kier alpha value is -3.11. The molecular weight excluding hydrogens is 398 g/mol. The van der Waals surface area contributed by atoms with E-state index < -0.39 is 0 Å². The molecule has 1 saturated heterocycles. The van der Waals surface area contributed by atoms with Crippen LogP contribution in [0.15, 0.2) is 78.9 Å². The lowest BCUT2D eigenvalue weighted by molar-refractivity contribution is 0.0674. The number of likely N-dealkylation sites (tertiary alicyclic amines) is 1. The number of Topliss-reactive ketones (excluding diaryl/α,β-unsaturated/α-hetero) is 1. The van der Waals surface area contributed by atoms with E-state index in [1.54, 1.807) is 0 Å². The van der Waals surface area contributed by atoms with E-state index in [-0.39, 0.29) is 18.0 Å². The molecule has 2 unspecified atom stereocenters. The number of rotatable bonds is 5. The smallest absolute Gasteiger partial charge is 0.172 e. The molecule has 4 heteroatoms. The fourth-order valence-corrected chi connectivity index (χ4v) is 4.93. The molecule has 0 bridgehead atoms. The normalized spacial score (nSPS) is 22.0. The number of hydrogen-bond acceptors (Lipinski definition) is 4. The van der Waals surface area contributed by atoms with Crippen molar-refractivity contribution >= 4 is 5.78 Å². The Morgan fingerprint density at radius 1 is 0.969 bits per heavy atom. The zero-order valence-corrected chi connectivity index (χ0v) is 18.4. The number of piperidine rings is 1. The van der Waals surface area contributed by atoms with Gasteiger partial charge < -0.3 is 14.4 Å². The van der Waals surface area contributed by atoms with Crippen LogP contribution < -0.4 is 9.47 Å². The maximum absolute atomic E-state index is 13.0. The van der Waals surface area contributed by atoms with Crippen LogP contribution in [0.3, 0.4) is 0 Å². The van der Waals surface area contributed by atoms with Gasteiger partial charge in [-0.3, -0.25) is 4.79 Å². The molecule has 0 aromatic heterocycles. The monoisotopic (exact) mass is 427 g/mol. The van der Waals surface area contributed by atoms with E-state index in [1.165, 1.54) is 0 Å². The van der Waals surface area contributed by atoms with Gasteiger partial charge in [-0.15, -0.1) is 0 Å². The Morgan fingerprint density at radius 3 is 2.47 bits per heavy atom. The molecule has 2 aliphatic heterocycles. The molecule has 3 aromatic carbocycles. The van der Waals surface area contributed by atoms with Crippen molar-refractivity contribution in [2.24, 2.45) is 5.92 Å². The van der Waals surface area contributed by atoms with Crippen LogP contribution in [0, 0.1) is 5.92 Å². The van der Waals surface area contributed by atoms with E-state index in [0.717, 1.165) is 37.1 Å². The third-order valence-corrected chi connectivity index (χ3v) is 6.55. The van der Waals surface area contributed by atoms with Crippen molar-refractivity contribution in [3.05, 3.63) is 95.6 Å². The summed E-state index contributed by atoms with van der Waals surface area (Å²) >= 11 is 0. The molecule has 0 spiro atoms. The van der Waals surface area contributed by atoms with Crippen LogP contribution in [0.1, 0.15) is 53.0 Å². The predicted octanol–water partition coefficient (Wildman–Crippen LogP) is 5.86. The third-order valence-electron chi connectivity index (χ3n) is 6.55. The van der Waals surface area contributed by atoms with Crippen LogP contribution in [0.4, 0.5) is 0 Å². The number of hydrogen-bond donors (Lipinski definition) is 0. The summed E-state index contributed by atoms with van der Waals surface area (Å²) in [5.74, 6) is 1.69. The lowest BCUT2D eigenvalue weighted by atomic mass is 9.88. The van der Waals surface area contributed by atoms with Gasteiger partial charge in [-0.1, -0.05) is 66.7 Å². The van der Waals surface area contributed by atoms with Gasteiger partial charge in [0, 0.05) is 12.5 Å². The van der Waals surface area contributed by atoms with Gasteiger partial charge >= 0.3 is 0 Å². The number of ketones is 1. The van der Waals surface area contributed by atoms with Crippen molar-refractivity contribution in [1.82, 2.24) is 4.90 Å². The number of para-hydroxylation sites is 1. The Balaban J connectivity index is 1.49. The minimum Gasteiger partial charge on any atom is -0.481 e. The molecule has 0 aliphatic carbocycles. The number of fused-ring (bicyclic) bond motifs is 1. The molecule has 1 fully saturated rings. The zero-order valence-electron chi connectivity index (χ0n) is 18.4. The van der Waals surface area contributed by atoms with Crippen LogP contribution in [-0.4, -0.2) is 30.8 Å². The summed E-state index contributed by atoms with van der Waals surface area (Å²) in [6.45, 7) is 2.11. The first-order valence-electron chi connectivity index (χ1n) is 11.5. The number of carbonyl (C=O) groups excluding carboxylic acids is 1. The summed E-state index contributed by atoms with van der Waals surface area (Å²) in [6.07, 6.45) is 2.23. The zero-order chi connectivity index (χ0) is 21.9. The Kier molecular flexibility index (Phi) is 5.95. The molecule has 3 atom stereocenters. The van der Waals surface area contributed by atoms with E-state index in [2.05, 4.69) is 36.2 Å². The van der Waals surface area contributed by atoms with Gasteiger partial charge in [0.05, 0.1) is 12.0 Å². The lowest BCUT2D eigenvalue weighted by Gasteiger charge is -2.36. The van der Waals surface area contributed by atoms with E-state index in [1.807, 2.05) is 54.6 Å². The Labute approximate surface area is 189 Å². The molecule has 4 nitrogen and oxygen atoms in total. The SMILES string of the molecule is CN1CCCC(C(Oc2cccc3c2O[C@@H](c2ccccc2)CC3=O)c2ccccc2)C1. The summed E-state index contributed by atoms with van der Waals surface area (Å²) in [4.78, 5) is 15.4. The molecule has 0 amide bonds. The predicted molar refractivity (Wildman–Crippen MR) is 125 cm³/mol. The fourth-order valence-electron chi connectivity index (χ4n) is 4.93. The van der Waals surface area contributed by atoms with Gasteiger partial charge in [-0.05, 0) is 49.7 Å². The summed E-state index contributed by atoms with van der Waals surface area (Å²) in [7, 11) is 2.17. The van der Waals surface area contributed by atoms with Gasteiger partial charge in [-0.25, -0.2) is 0 Å². The molecule has 2 aliphatic rings. The van der Waals surface area contributed by atoms with Crippen LogP contribution in [0.25, 0.3) is 0 Å². The summed E-state index contributed by atoms with van der Waals surface area (Å²) in [5, 5.41) is 0. The molecule has 32 heavy (non-hydrogen) atoms. The van der Waals surface area contributed by atoms with Crippen molar-refractivity contribution in [2.75, 3.05) is 20.1 Å². The van der Waals surface area contributed by atoms with Crippen LogP contribution >= 0.6 is 0 Å². The van der Waals surface area contributed by atoms with Gasteiger partial charge in [-0.2, -0.15) is 0 Å². The number of benzene rings is 3. The van der Waals surface area contributed by atoms with Gasteiger partial charge in [0.2, 0.25) is 0 Å². The van der Waals surface area contributed by atoms with E-state index in [9.17, 15) is 4.79 Å². The van der Waals surface area contributed by atoms with Crippen molar-refractivity contribution in [1.29, 1.82) is 0 Å². The average Bonchev–Trinajstić information content (AvgIpc) is 2.84. The second-order valence-corrected chi connectivity index (χ2v) is 8.89. The van der Waals surface area contributed by atoms with Gasteiger partial charge in [0.1, 0.15) is 12.2 Å². The first kappa shape index (κ1) is 20.8. The first-order chi connectivity index (χ1) is 15.7. The molecule has 2 heterocycles. The molecular formula is C28H29NO3. The molecule has 0 N–H and O–H groups in total. The van der Waals surface area contributed by atoms with E-state index in [4.69, 9.17) is 9.47 Å². The Morgan fingerprint density at radius 2 is 1.72 bits per heavy atom. The second-order valence-electron chi connectivity index (χ2n) is 8.89. The maximum atomic E-state index is 13.0. The average molecular weight is 428 g/mol. The highest BCUT2D eigenvalue weighted by molar-refractivity contribution is 6.00. The van der Waals surface area contributed by atoms with Crippen molar-refractivity contribution in [3.8, 4) is 11.5 Å². The van der Waals surface area contributed by atoms with Crippen LogP contribution in [0.2, 0.25) is 0 Å². The minimum atomic E-state index is -0.295. The number of ether oxygens (including phenoxy) is 2. The molecule has 0 radical (unpaired) electrons. The van der Waals surface area contributed by atoms with Crippen molar-refractivity contribution in [3.63, 3.8) is 0 Å². The summed E-state index contributed by atoms with van der Waals surface area (Å²) in [6, 6.07) is 26.0. The Bertz CT molecular complexity index is 1070. The van der Waals surface area contributed by atoms with Crippen molar-refractivity contribution in [2.45, 2.75) is 31.5 Å². The van der Waals surface area contributed by atoms with Gasteiger partial charge in [0.15, 0.2) is 17.3 Å². The lowest BCUT2D eigenvalue weighted by Crippen LogP contribution is -2.36. The first-order valence-corrected chi connectivity index (χ1v) is 11.5. The highest BCUT2D eigenvalue weighted by atomic mass is 16.5. The third kappa shape index (κ3) is 4.28. The van der Waals surface area contributed by atoms with E-state index in [0.29, 0.717) is 29.4 Å². The molecule has 3 aromatic rings. The van der Waals surface area contributed by atoms with Crippen LogP contribution in [-0.2, 0) is 0 Å². The largest absolute Gasteiger partial charge is 0.481 e.